The zero-order valence-electron chi connectivity index (χ0n) is 9.37. The molecule has 7 heteroatoms. The molecule has 1 aromatic heterocycles. The number of nitrogen functional groups attached to an aromatic ring is 2. The summed E-state index contributed by atoms with van der Waals surface area (Å²) >= 11 is 0. The van der Waals surface area contributed by atoms with Gasteiger partial charge in [0.05, 0.1) is 5.69 Å². The van der Waals surface area contributed by atoms with E-state index >= 15 is 0 Å². The Labute approximate surface area is 102 Å². The summed E-state index contributed by atoms with van der Waals surface area (Å²) in [6.45, 7) is 0.728. The molecule has 1 aliphatic heterocycles. The van der Waals surface area contributed by atoms with E-state index in [0.29, 0.717) is 5.56 Å². The number of anilines is 3. The van der Waals surface area contributed by atoms with Gasteiger partial charge in [-0.05, 0) is 11.6 Å². The van der Waals surface area contributed by atoms with E-state index in [-0.39, 0.29) is 17.5 Å². The second-order valence-electron chi connectivity index (χ2n) is 3.98. The normalized spacial score (nSPS) is 13.2. The van der Waals surface area contributed by atoms with Crippen LogP contribution in [0.15, 0.2) is 18.2 Å². The van der Waals surface area contributed by atoms with E-state index < -0.39 is 5.82 Å². The molecule has 0 bridgehead atoms. The maximum atomic E-state index is 13.9. The summed E-state index contributed by atoms with van der Waals surface area (Å²) < 4.78 is 13.9. The predicted molar refractivity (Wildman–Crippen MR) is 66.7 cm³/mol. The van der Waals surface area contributed by atoms with Crippen LogP contribution in [0.25, 0.3) is 11.3 Å². The van der Waals surface area contributed by atoms with Crippen LogP contribution in [0.1, 0.15) is 5.56 Å². The lowest BCUT2D eigenvalue weighted by atomic mass is 10.1. The molecule has 0 radical (unpaired) electrons. The van der Waals surface area contributed by atoms with Crippen LogP contribution in [-0.2, 0) is 6.54 Å². The van der Waals surface area contributed by atoms with Gasteiger partial charge in [-0.2, -0.15) is 4.98 Å². The van der Waals surface area contributed by atoms with Crippen LogP contribution in [0.2, 0.25) is 0 Å². The van der Waals surface area contributed by atoms with E-state index in [1.807, 2.05) is 6.07 Å². The molecule has 0 saturated heterocycles. The molecule has 18 heavy (non-hydrogen) atoms. The highest BCUT2D eigenvalue weighted by molar-refractivity contribution is 5.71. The van der Waals surface area contributed by atoms with Gasteiger partial charge < -0.3 is 16.9 Å². The molecule has 2 heterocycles. The van der Waals surface area contributed by atoms with Crippen molar-refractivity contribution in [2.75, 3.05) is 16.9 Å². The summed E-state index contributed by atoms with van der Waals surface area (Å²) in [5, 5.41) is 0. The fraction of sp³-hybridized carbons (Fsp3) is 0.0909. The zero-order valence-corrected chi connectivity index (χ0v) is 9.37. The van der Waals surface area contributed by atoms with Gasteiger partial charge in [0.15, 0.2) is 11.6 Å². The molecule has 92 valence electrons. The van der Waals surface area contributed by atoms with Crippen LogP contribution >= 0.6 is 0 Å². The highest BCUT2D eigenvalue weighted by Gasteiger charge is 2.16. The van der Waals surface area contributed by atoms with Crippen molar-refractivity contribution in [2.45, 2.75) is 6.54 Å². The molecule has 2 aromatic rings. The molecule has 0 atom stereocenters. The molecule has 0 unspecified atom stereocenters. The van der Waals surface area contributed by atoms with Gasteiger partial charge in [-0.1, -0.05) is 12.1 Å². The third-order valence-electron chi connectivity index (χ3n) is 2.78. The Kier molecular flexibility index (Phi) is 2.27. The Morgan fingerprint density at radius 3 is 2.89 bits per heavy atom. The highest BCUT2D eigenvalue weighted by Crippen LogP contribution is 2.29. The Hall–Kier alpha value is -2.41. The minimum Gasteiger partial charge on any atom is -0.381 e. The van der Waals surface area contributed by atoms with Gasteiger partial charge in [0, 0.05) is 12.1 Å². The Morgan fingerprint density at radius 2 is 2.06 bits per heavy atom. The van der Waals surface area contributed by atoms with E-state index in [0.717, 1.165) is 17.8 Å². The lowest BCUT2D eigenvalue weighted by Crippen LogP contribution is -2.10. The number of hydrazine groups is 1. The smallest absolute Gasteiger partial charge is 0.222 e. The largest absolute Gasteiger partial charge is 0.381 e. The standard InChI is InChI=1S/C11H11FN6/c12-8-9(16-11(14)17-10(8)13)5-1-2-6-4-15-18-7(6)3-5/h1-3,15,18H,4H2,(H4,13,14,16,17). The third-order valence-corrected chi connectivity index (χ3v) is 2.78. The van der Waals surface area contributed by atoms with Gasteiger partial charge >= 0.3 is 0 Å². The number of nitrogens with zero attached hydrogens (tertiary/aromatic N) is 2. The zero-order chi connectivity index (χ0) is 12.7. The lowest BCUT2D eigenvalue weighted by molar-refractivity contribution is 0.625. The summed E-state index contributed by atoms with van der Waals surface area (Å²) in [7, 11) is 0. The second-order valence-corrected chi connectivity index (χ2v) is 3.98. The van der Waals surface area contributed by atoms with Crippen molar-refractivity contribution < 1.29 is 4.39 Å². The molecule has 0 aliphatic carbocycles. The fourth-order valence-corrected chi connectivity index (χ4v) is 1.90. The average molecular weight is 246 g/mol. The van der Waals surface area contributed by atoms with E-state index in [4.69, 9.17) is 11.5 Å². The van der Waals surface area contributed by atoms with Crippen molar-refractivity contribution >= 4 is 17.5 Å². The van der Waals surface area contributed by atoms with Gasteiger partial charge in [-0.25, -0.2) is 14.8 Å². The number of nitrogens with one attached hydrogen (secondary N) is 2. The van der Waals surface area contributed by atoms with Crippen LogP contribution in [0.4, 0.5) is 21.8 Å². The van der Waals surface area contributed by atoms with E-state index in [9.17, 15) is 4.39 Å². The van der Waals surface area contributed by atoms with Gasteiger partial charge in [0.1, 0.15) is 5.69 Å². The number of nitrogens with two attached hydrogens (primary N) is 2. The van der Waals surface area contributed by atoms with Gasteiger partial charge in [-0.15, -0.1) is 0 Å². The van der Waals surface area contributed by atoms with Gasteiger partial charge in [0.2, 0.25) is 5.95 Å². The molecule has 6 nitrogen and oxygen atoms in total. The van der Waals surface area contributed by atoms with Crippen molar-refractivity contribution in [1.82, 2.24) is 15.4 Å². The molecular weight excluding hydrogens is 235 g/mol. The topological polar surface area (TPSA) is 102 Å². The number of halogens is 1. The number of hydrogen-bond acceptors (Lipinski definition) is 6. The van der Waals surface area contributed by atoms with Crippen LogP contribution in [0.5, 0.6) is 0 Å². The second kappa shape index (κ2) is 3.81. The summed E-state index contributed by atoms with van der Waals surface area (Å²) in [6.07, 6.45) is 0. The third kappa shape index (κ3) is 1.61. The first-order valence-corrected chi connectivity index (χ1v) is 5.36. The maximum absolute atomic E-state index is 13.9. The van der Waals surface area contributed by atoms with E-state index in [1.54, 1.807) is 12.1 Å². The average Bonchev–Trinajstić information content (AvgIpc) is 2.80. The van der Waals surface area contributed by atoms with Crippen molar-refractivity contribution in [1.29, 1.82) is 0 Å². The molecule has 0 amide bonds. The first-order chi connectivity index (χ1) is 8.65. The van der Waals surface area contributed by atoms with Crippen LogP contribution in [0.3, 0.4) is 0 Å². The minimum absolute atomic E-state index is 0.0458. The molecule has 1 aromatic carbocycles. The Bertz CT molecular complexity index is 627. The minimum atomic E-state index is -0.657. The first-order valence-electron chi connectivity index (χ1n) is 5.36. The van der Waals surface area contributed by atoms with Crippen LogP contribution < -0.4 is 22.3 Å². The van der Waals surface area contributed by atoms with Gasteiger partial charge in [0.25, 0.3) is 0 Å². The number of rotatable bonds is 1. The monoisotopic (exact) mass is 246 g/mol. The number of aromatic nitrogens is 2. The fourth-order valence-electron chi connectivity index (χ4n) is 1.90. The SMILES string of the molecule is Nc1nc(N)c(F)c(-c2ccc3c(c2)NNC3)n1. The molecule has 3 rings (SSSR count). The van der Waals surface area contributed by atoms with Crippen molar-refractivity contribution in [3.63, 3.8) is 0 Å². The quantitative estimate of drug-likeness (QED) is 0.595. The lowest BCUT2D eigenvalue weighted by Gasteiger charge is -2.07. The molecule has 0 fully saturated rings. The van der Waals surface area contributed by atoms with Gasteiger partial charge in [-0.3, -0.25) is 0 Å². The summed E-state index contributed by atoms with van der Waals surface area (Å²) in [6, 6.07) is 5.46. The first kappa shape index (κ1) is 10.7. The summed E-state index contributed by atoms with van der Waals surface area (Å²) in [5.41, 5.74) is 19.6. The highest BCUT2D eigenvalue weighted by atomic mass is 19.1. The number of fused-ring (bicyclic) bond motifs is 1. The van der Waals surface area contributed by atoms with Crippen molar-refractivity contribution in [3.05, 3.63) is 29.6 Å². The maximum Gasteiger partial charge on any atom is 0.222 e. The predicted octanol–water partition coefficient (Wildman–Crippen LogP) is 0.877. The summed E-state index contributed by atoms with van der Waals surface area (Å²) in [4.78, 5) is 7.47. The molecule has 0 spiro atoms. The van der Waals surface area contributed by atoms with Crippen molar-refractivity contribution in [3.8, 4) is 11.3 Å². The number of benzene rings is 1. The van der Waals surface area contributed by atoms with E-state index in [1.165, 1.54) is 0 Å². The van der Waals surface area contributed by atoms with Crippen LogP contribution in [-0.4, -0.2) is 9.97 Å². The summed E-state index contributed by atoms with van der Waals surface area (Å²) in [5.74, 6) is -0.949. The van der Waals surface area contributed by atoms with Crippen LogP contribution in [0, 0.1) is 5.82 Å². The molecule has 6 N–H and O–H groups in total. The molecular formula is C11H11FN6. The molecule has 1 aliphatic rings. The Morgan fingerprint density at radius 1 is 1.22 bits per heavy atom. The molecule has 0 saturated carbocycles. The van der Waals surface area contributed by atoms with E-state index in [2.05, 4.69) is 20.8 Å². The number of hydrogen-bond donors (Lipinski definition) is 4. The Balaban J connectivity index is 2.15. The van der Waals surface area contributed by atoms with Crippen molar-refractivity contribution in [2.24, 2.45) is 0 Å².